The number of hydrogen-bond donors (Lipinski definition) is 1. The number of ether oxygens (including phenoxy) is 1. The molecule has 1 N–H and O–H groups in total. The van der Waals surface area contributed by atoms with Crippen LogP contribution in [0.4, 0.5) is 5.69 Å². The summed E-state index contributed by atoms with van der Waals surface area (Å²) in [5.41, 5.74) is 2.52. The Morgan fingerprint density at radius 1 is 1.40 bits per heavy atom. The van der Waals surface area contributed by atoms with Crippen LogP contribution in [0.15, 0.2) is 22.7 Å². The normalized spacial score (nSPS) is 24.7. The lowest BCUT2D eigenvalue weighted by Gasteiger charge is -2.35. The minimum atomic E-state index is 0.457. The van der Waals surface area contributed by atoms with Crippen LogP contribution in [0, 0.1) is 6.92 Å². The third kappa shape index (κ3) is 2.52. The van der Waals surface area contributed by atoms with Crippen molar-refractivity contribution in [2.45, 2.75) is 31.9 Å². The van der Waals surface area contributed by atoms with E-state index in [4.69, 9.17) is 4.74 Å². The maximum Gasteiger partial charge on any atom is 0.0610 e. The predicted octanol–water partition coefficient (Wildman–Crippen LogP) is 3.35. The van der Waals surface area contributed by atoms with Crippen LogP contribution in [-0.2, 0) is 4.74 Å². The molecule has 0 saturated heterocycles. The van der Waals surface area contributed by atoms with Crippen LogP contribution >= 0.6 is 15.9 Å². The number of benzene rings is 1. The first-order chi connectivity index (χ1) is 7.19. The van der Waals surface area contributed by atoms with Gasteiger partial charge in [-0.2, -0.15) is 0 Å². The molecule has 3 heteroatoms. The largest absolute Gasteiger partial charge is 0.382 e. The zero-order valence-corrected chi connectivity index (χ0v) is 10.7. The number of halogens is 1. The van der Waals surface area contributed by atoms with Crippen LogP contribution < -0.4 is 5.32 Å². The fourth-order valence-electron chi connectivity index (χ4n) is 1.88. The van der Waals surface area contributed by atoms with Gasteiger partial charge in [0.2, 0.25) is 0 Å². The van der Waals surface area contributed by atoms with Gasteiger partial charge in [0.05, 0.1) is 6.10 Å². The number of nitrogens with one attached hydrogen (secondary N) is 1. The van der Waals surface area contributed by atoms with Crippen LogP contribution in [0.1, 0.15) is 18.4 Å². The highest BCUT2D eigenvalue weighted by molar-refractivity contribution is 9.10. The summed E-state index contributed by atoms with van der Waals surface area (Å²) in [4.78, 5) is 0. The molecule has 1 aliphatic carbocycles. The Labute approximate surface area is 99.1 Å². The lowest BCUT2D eigenvalue weighted by atomic mass is 9.89. The highest BCUT2D eigenvalue weighted by Gasteiger charge is 2.28. The molecule has 0 radical (unpaired) electrons. The smallest absolute Gasteiger partial charge is 0.0610 e. The summed E-state index contributed by atoms with van der Waals surface area (Å²) < 4.78 is 6.39. The highest BCUT2D eigenvalue weighted by Crippen LogP contribution is 2.28. The average Bonchev–Trinajstić information content (AvgIpc) is 2.13. The standard InChI is InChI=1S/C12H16BrNO/c1-8-5-9(13)3-4-12(8)14-10-6-11(7-10)15-2/h3-5,10-11,14H,6-7H2,1-2H3. The van der Waals surface area contributed by atoms with E-state index in [0.717, 1.165) is 17.3 Å². The molecule has 0 amide bonds. The fourth-order valence-corrected chi connectivity index (χ4v) is 2.36. The van der Waals surface area contributed by atoms with Gasteiger partial charge in [-0.3, -0.25) is 0 Å². The van der Waals surface area contributed by atoms with E-state index in [1.165, 1.54) is 11.3 Å². The van der Waals surface area contributed by atoms with E-state index in [2.05, 4.69) is 46.4 Å². The molecule has 0 aliphatic heterocycles. The predicted molar refractivity (Wildman–Crippen MR) is 66.3 cm³/mol. The molecule has 1 aromatic carbocycles. The molecule has 1 fully saturated rings. The zero-order chi connectivity index (χ0) is 10.8. The van der Waals surface area contributed by atoms with Crippen molar-refractivity contribution in [3.8, 4) is 0 Å². The van der Waals surface area contributed by atoms with E-state index in [0.29, 0.717) is 12.1 Å². The second-order valence-corrected chi connectivity index (χ2v) is 5.05. The first-order valence-electron chi connectivity index (χ1n) is 5.24. The molecule has 0 atom stereocenters. The van der Waals surface area contributed by atoms with E-state index < -0.39 is 0 Å². The molecule has 0 aromatic heterocycles. The molecule has 1 saturated carbocycles. The van der Waals surface area contributed by atoms with E-state index in [-0.39, 0.29) is 0 Å². The molecule has 2 rings (SSSR count). The van der Waals surface area contributed by atoms with Gasteiger partial charge in [-0.05, 0) is 43.5 Å². The molecule has 2 nitrogen and oxygen atoms in total. The van der Waals surface area contributed by atoms with Crippen LogP contribution in [-0.4, -0.2) is 19.3 Å². The molecule has 0 heterocycles. The molecule has 82 valence electrons. The molecular weight excluding hydrogens is 254 g/mol. The number of hydrogen-bond acceptors (Lipinski definition) is 2. The molecule has 0 bridgehead atoms. The molecule has 15 heavy (non-hydrogen) atoms. The van der Waals surface area contributed by atoms with Crippen molar-refractivity contribution >= 4 is 21.6 Å². The number of anilines is 1. The van der Waals surface area contributed by atoms with Gasteiger partial charge in [0.25, 0.3) is 0 Å². The Morgan fingerprint density at radius 2 is 2.13 bits per heavy atom. The molecule has 1 aliphatic rings. The van der Waals surface area contributed by atoms with Gasteiger partial charge < -0.3 is 10.1 Å². The van der Waals surface area contributed by atoms with Gasteiger partial charge in [-0.25, -0.2) is 0 Å². The number of rotatable bonds is 3. The number of methoxy groups -OCH3 is 1. The minimum absolute atomic E-state index is 0.457. The molecule has 1 aromatic rings. The van der Waals surface area contributed by atoms with Gasteiger partial charge in [0, 0.05) is 23.3 Å². The quantitative estimate of drug-likeness (QED) is 0.909. The Kier molecular flexibility index (Phi) is 3.32. The van der Waals surface area contributed by atoms with Crippen molar-refractivity contribution in [3.63, 3.8) is 0 Å². The fraction of sp³-hybridized carbons (Fsp3) is 0.500. The maximum absolute atomic E-state index is 5.26. The summed E-state index contributed by atoms with van der Waals surface area (Å²) >= 11 is 3.47. The summed E-state index contributed by atoms with van der Waals surface area (Å²) in [5, 5.41) is 3.54. The third-order valence-corrected chi connectivity index (χ3v) is 3.47. The third-order valence-electron chi connectivity index (χ3n) is 2.98. The second kappa shape index (κ2) is 4.54. The van der Waals surface area contributed by atoms with Crippen LogP contribution in [0.5, 0.6) is 0 Å². The number of aryl methyl sites for hydroxylation is 1. The van der Waals surface area contributed by atoms with E-state index in [1.807, 2.05) is 0 Å². The lowest BCUT2D eigenvalue weighted by molar-refractivity contribution is 0.0328. The zero-order valence-electron chi connectivity index (χ0n) is 9.09. The Hall–Kier alpha value is -0.540. The summed E-state index contributed by atoms with van der Waals surface area (Å²) in [6.07, 6.45) is 2.69. The summed E-state index contributed by atoms with van der Waals surface area (Å²) in [6.45, 7) is 2.12. The van der Waals surface area contributed by atoms with Gasteiger partial charge >= 0.3 is 0 Å². The van der Waals surface area contributed by atoms with Crippen molar-refractivity contribution in [1.29, 1.82) is 0 Å². The van der Waals surface area contributed by atoms with Crippen molar-refractivity contribution < 1.29 is 4.74 Å². The van der Waals surface area contributed by atoms with Crippen molar-refractivity contribution in [2.75, 3.05) is 12.4 Å². The Balaban J connectivity index is 1.94. The van der Waals surface area contributed by atoms with Crippen molar-refractivity contribution in [3.05, 3.63) is 28.2 Å². The minimum Gasteiger partial charge on any atom is -0.382 e. The summed E-state index contributed by atoms with van der Waals surface area (Å²) in [6, 6.07) is 6.91. The van der Waals surface area contributed by atoms with Gasteiger partial charge in [-0.15, -0.1) is 0 Å². The second-order valence-electron chi connectivity index (χ2n) is 4.13. The van der Waals surface area contributed by atoms with E-state index >= 15 is 0 Å². The first-order valence-corrected chi connectivity index (χ1v) is 6.04. The topological polar surface area (TPSA) is 21.3 Å². The van der Waals surface area contributed by atoms with E-state index in [9.17, 15) is 0 Å². The van der Waals surface area contributed by atoms with Crippen LogP contribution in [0.3, 0.4) is 0 Å². The highest BCUT2D eigenvalue weighted by atomic mass is 79.9. The van der Waals surface area contributed by atoms with Crippen molar-refractivity contribution in [1.82, 2.24) is 0 Å². The van der Waals surface area contributed by atoms with Gasteiger partial charge in [0.15, 0.2) is 0 Å². The van der Waals surface area contributed by atoms with Crippen molar-refractivity contribution in [2.24, 2.45) is 0 Å². The lowest BCUT2D eigenvalue weighted by Crippen LogP contribution is -2.40. The monoisotopic (exact) mass is 269 g/mol. The SMILES string of the molecule is COC1CC(Nc2ccc(Br)cc2C)C1. The van der Waals surface area contributed by atoms with E-state index in [1.54, 1.807) is 7.11 Å². The maximum atomic E-state index is 5.26. The molecule has 0 unspecified atom stereocenters. The van der Waals surface area contributed by atoms with Crippen LogP contribution in [0.2, 0.25) is 0 Å². The average molecular weight is 270 g/mol. The molecular formula is C12H16BrNO. The first kappa shape index (κ1) is 11.0. The van der Waals surface area contributed by atoms with Gasteiger partial charge in [-0.1, -0.05) is 15.9 Å². The van der Waals surface area contributed by atoms with Gasteiger partial charge in [0.1, 0.15) is 0 Å². The molecule has 0 spiro atoms. The summed E-state index contributed by atoms with van der Waals surface area (Å²) in [5.74, 6) is 0. The Bertz CT molecular complexity index is 347. The summed E-state index contributed by atoms with van der Waals surface area (Å²) in [7, 11) is 1.78. The van der Waals surface area contributed by atoms with Crippen LogP contribution in [0.25, 0.3) is 0 Å². The Morgan fingerprint density at radius 3 is 2.73 bits per heavy atom.